The Labute approximate surface area is 94.2 Å². The zero-order chi connectivity index (χ0) is 10.2. The summed E-state index contributed by atoms with van der Waals surface area (Å²) in [6.07, 6.45) is 1.17. The average Bonchev–Trinajstić information content (AvgIpc) is 2.18. The van der Waals surface area contributed by atoms with E-state index in [1.807, 2.05) is 13.1 Å². The normalized spacial score (nSPS) is 10.4. The van der Waals surface area contributed by atoms with Crippen LogP contribution in [-0.2, 0) is 6.54 Å². The van der Waals surface area contributed by atoms with Gasteiger partial charge in [-0.25, -0.2) is 0 Å². The molecule has 0 aliphatic heterocycles. The second-order valence-corrected chi connectivity index (χ2v) is 4.18. The van der Waals surface area contributed by atoms with E-state index in [1.54, 1.807) is 0 Å². The first-order valence-corrected chi connectivity index (χ1v) is 5.72. The predicted octanol–water partition coefficient (Wildman–Crippen LogP) is 2.15. The molecule has 1 rings (SSSR count). The van der Waals surface area contributed by atoms with Gasteiger partial charge in [0.2, 0.25) is 0 Å². The molecule has 0 spiro atoms. The minimum Gasteiger partial charge on any atom is -0.320 e. The summed E-state index contributed by atoms with van der Waals surface area (Å²) in [5.41, 5.74) is 1.32. The van der Waals surface area contributed by atoms with Crippen LogP contribution in [0.5, 0.6) is 0 Å². The highest BCUT2D eigenvalue weighted by molar-refractivity contribution is 9.10. The third kappa shape index (κ3) is 4.74. The Morgan fingerprint density at radius 3 is 2.86 bits per heavy atom. The lowest BCUT2D eigenvalue weighted by atomic mass is 10.2. The third-order valence-electron chi connectivity index (χ3n) is 2.00. The Balaban J connectivity index is 2.18. The van der Waals surface area contributed by atoms with Gasteiger partial charge in [-0.3, -0.25) is 0 Å². The first-order chi connectivity index (χ1) is 6.83. The van der Waals surface area contributed by atoms with Crippen molar-refractivity contribution < 1.29 is 0 Å². The highest BCUT2D eigenvalue weighted by Gasteiger charge is 1.92. The van der Waals surface area contributed by atoms with Gasteiger partial charge in [0.25, 0.3) is 0 Å². The quantitative estimate of drug-likeness (QED) is 0.763. The largest absolute Gasteiger partial charge is 0.320 e. The van der Waals surface area contributed by atoms with Gasteiger partial charge in [0, 0.05) is 11.0 Å². The number of hydrogen-bond acceptors (Lipinski definition) is 2. The Bertz CT molecular complexity index is 263. The maximum atomic E-state index is 3.46. The lowest BCUT2D eigenvalue weighted by Crippen LogP contribution is -2.19. The molecule has 0 bridgehead atoms. The van der Waals surface area contributed by atoms with Crippen LogP contribution in [0.1, 0.15) is 12.0 Å². The molecular formula is C11H17BrN2. The summed E-state index contributed by atoms with van der Waals surface area (Å²) in [5, 5.41) is 6.53. The second kappa shape index (κ2) is 6.98. The van der Waals surface area contributed by atoms with Gasteiger partial charge in [-0.2, -0.15) is 0 Å². The molecule has 0 fully saturated rings. The summed E-state index contributed by atoms with van der Waals surface area (Å²) >= 11 is 3.46. The van der Waals surface area contributed by atoms with Gasteiger partial charge in [0.05, 0.1) is 0 Å². The van der Waals surface area contributed by atoms with E-state index in [4.69, 9.17) is 0 Å². The van der Waals surface area contributed by atoms with Gasteiger partial charge >= 0.3 is 0 Å². The van der Waals surface area contributed by atoms with Crippen LogP contribution in [-0.4, -0.2) is 20.1 Å². The summed E-state index contributed by atoms with van der Waals surface area (Å²) in [6.45, 7) is 3.09. The molecule has 1 aromatic carbocycles. The fourth-order valence-electron chi connectivity index (χ4n) is 1.27. The summed E-state index contributed by atoms with van der Waals surface area (Å²) in [6, 6.07) is 8.39. The van der Waals surface area contributed by atoms with Crippen LogP contribution in [0, 0.1) is 0 Å². The van der Waals surface area contributed by atoms with Gasteiger partial charge < -0.3 is 10.6 Å². The van der Waals surface area contributed by atoms with Gasteiger partial charge in [0.15, 0.2) is 0 Å². The SMILES string of the molecule is CNCCCNCc1cccc(Br)c1. The molecule has 1 aromatic rings. The minimum atomic E-state index is 0.948. The van der Waals surface area contributed by atoms with E-state index >= 15 is 0 Å². The number of benzene rings is 1. The van der Waals surface area contributed by atoms with Crippen LogP contribution in [0.3, 0.4) is 0 Å². The lowest BCUT2D eigenvalue weighted by Gasteiger charge is -2.04. The molecule has 0 heterocycles. The molecule has 0 unspecified atom stereocenters. The first kappa shape index (κ1) is 11.7. The number of rotatable bonds is 6. The molecule has 3 heteroatoms. The van der Waals surface area contributed by atoms with Crippen molar-refractivity contribution >= 4 is 15.9 Å². The van der Waals surface area contributed by atoms with Crippen LogP contribution in [0.25, 0.3) is 0 Å². The van der Waals surface area contributed by atoms with Crippen LogP contribution in [0.15, 0.2) is 28.7 Å². The maximum absolute atomic E-state index is 3.46. The molecule has 0 aliphatic rings. The molecule has 78 valence electrons. The Hall–Kier alpha value is -0.380. The molecule has 2 N–H and O–H groups in total. The lowest BCUT2D eigenvalue weighted by molar-refractivity contribution is 0.625. The van der Waals surface area contributed by atoms with Crippen molar-refractivity contribution in [2.45, 2.75) is 13.0 Å². The van der Waals surface area contributed by atoms with Crippen LogP contribution < -0.4 is 10.6 Å². The van der Waals surface area contributed by atoms with E-state index < -0.39 is 0 Å². The molecule has 0 amide bonds. The summed E-state index contributed by atoms with van der Waals surface area (Å²) in [5.74, 6) is 0. The van der Waals surface area contributed by atoms with E-state index in [9.17, 15) is 0 Å². The highest BCUT2D eigenvalue weighted by Crippen LogP contribution is 2.11. The Kier molecular flexibility index (Phi) is 5.83. The van der Waals surface area contributed by atoms with Crippen molar-refractivity contribution in [3.63, 3.8) is 0 Å². The summed E-state index contributed by atoms with van der Waals surface area (Å²) in [4.78, 5) is 0. The molecule has 0 saturated carbocycles. The third-order valence-corrected chi connectivity index (χ3v) is 2.49. The summed E-state index contributed by atoms with van der Waals surface area (Å²) < 4.78 is 1.15. The highest BCUT2D eigenvalue weighted by atomic mass is 79.9. The fourth-order valence-corrected chi connectivity index (χ4v) is 1.72. The smallest absolute Gasteiger partial charge is 0.0205 e. The van der Waals surface area contributed by atoms with E-state index in [-0.39, 0.29) is 0 Å². The molecule has 0 aromatic heterocycles. The van der Waals surface area contributed by atoms with Crippen molar-refractivity contribution in [1.29, 1.82) is 0 Å². The maximum Gasteiger partial charge on any atom is 0.0205 e. The van der Waals surface area contributed by atoms with Gasteiger partial charge in [-0.1, -0.05) is 28.1 Å². The molecular weight excluding hydrogens is 240 g/mol. The summed E-state index contributed by atoms with van der Waals surface area (Å²) in [7, 11) is 1.98. The number of nitrogens with one attached hydrogen (secondary N) is 2. The van der Waals surface area contributed by atoms with Gasteiger partial charge in [-0.05, 0) is 44.3 Å². The van der Waals surface area contributed by atoms with Crippen LogP contribution in [0.4, 0.5) is 0 Å². The van der Waals surface area contributed by atoms with Crippen molar-refractivity contribution in [2.24, 2.45) is 0 Å². The minimum absolute atomic E-state index is 0.948. The molecule has 0 aliphatic carbocycles. The van der Waals surface area contributed by atoms with Gasteiger partial charge in [-0.15, -0.1) is 0 Å². The second-order valence-electron chi connectivity index (χ2n) is 3.26. The average molecular weight is 257 g/mol. The van der Waals surface area contributed by atoms with Crippen molar-refractivity contribution in [2.75, 3.05) is 20.1 Å². The van der Waals surface area contributed by atoms with Crippen molar-refractivity contribution in [3.8, 4) is 0 Å². The molecule has 0 atom stereocenters. The van der Waals surface area contributed by atoms with Crippen molar-refractivity contribution in [3.05, 3.63) is 34.3 Å². The standard InChI is InChI=1S/C11H17BrN2/c1-13-6-3-7-14-9-10-4-2-5-11(12)8-10/h2,4-5,8,13-14H,3,6-7,9H2,1H3. The monoisotopic (exact) mass is 256 g/mol. The Morgan fingerprint density at radius 2 is 2.14 bits per heavy atom. The molecule has 14 heavy (non-hydrogen) atoms. The first-order valence-electron chi connectivity index (χ1n) is 4.92. The predicted molar refractivity (Wildman–Crippen MR) is 64.4 cm³/mol. The molecule has 0 radical (unpaired) electrons. The topological polar surface area (TPSA) is 24.1 Å². The van der Waals surface area contributed by atoms with Gasteiger partial charge in [0.1, 0.15) is 0 Å². The van der Waals surface area contributed by atoms with E-state index in [2.05, 4.69) is 44.8 Å². The molecule has 0 saturated heterocycles. The fraction of sp³-hybridized carbons (Fsp3) is 0.455. The van der Waals surface area contributed by atoms with E-state index in [1.165, 1.54) is 12.0 Å². The Morgan fingerprint density at radius 1 is 1.29 bits per heavy atom. The zero-order valence-corrected chi connectivity index (χ0v) is 10.1. The van der Waals surface area contributed by atoms with Crippen LogP contribution in [0.2, 0.25) is 0 Å². The van der Waals surface area contributed by atoms with E-state index in [0.29, 0.717) is 0 Å². The number of hydrogen-bond donors (Lipinski definition) is 2. The van der Waals surface area contributed by atoms with Crippen molar-refractivity contribution in [1.82, 2.24) is 10.6 Å². The van der Waals surface area contributed by atoms with E-state index in [0.717, 1.165) is 24.1 Å². The number of halogens is 1. The molecule has 2 nitrogen and oxygen atoms in total. The zero-order valence-electron chi connectivity index (χ0n) is 8.52. The van der Waals surface area contributed by atoms with Crippen LogP contribution >= 0.6 is 15.9 Å².